The lowest BCUT2D eigenvalue weighted by molar-refractivity contribution is -0.386. The van der Waals surface area contributed by atoms with E-state index >= 15 is 0 Å². The highest BCUT2D eigenvalue weighted by Crippen LogP contribution is 2.26. The third-order valence-electron chi connectivity index (χ3n) is 1.71. The topological polar surface area (TPSA) is 79.8 Å². The molecule has 0 atom stereocenters. The molecule has 1 aromatic rings. The summed E-state index contributed by atoms with van der Waals surface area (Å²) in [5.74, 6) is -1.46. The van der Waals surface area contributed by atoms with Crippen LogP contribution in [0.1, 0.15) is 17.8 Å². The smallest absolute Gasteiger partial charge is 0.258 e. The Labute approximate surface area is 87.3 Å². The lowest BCUT2D eigenvalue weighted by Gasteiger charge is -2.03. The van der Waals surface area contributed by atoms with E-state index in [2.05, 4.69) is 4.98 Å². The maximum Gasteiger partial charge on any atom is 0.294 e. The molecule has 0 radical (unpaired) electrons. The molecule has 0 fully saturated rings. The summed E-state index contributed by atoms with van der Waals surface area (Å²) < 4.78 is 37.4. The maximum atomic E-state index is 13.0. The Bertz CT molecular complexity index is 470. The molecule has 0 saturated heterocycles. The van der Waals surface area contributed by atoms with Crippen molar-refractivity contribution in [2.24, 2.45) is 0 Å². The summed E-state index contributed by atoms with van der Waals surface area (Å²) in [5, 5.41) is 18.8. The first-order valence-electron chi connectivity index (χ1n) is 3.96. The number of halogens is 3. The van der Waals surface area contributed by atoms with Crippen LogP contribution in [-0.2, 0) is 6.42 Å². The number of aromatic nitrogens is 1. The minimum atomic E-state index is -3.18. The van der Waals surface area contributed by atoms with E-state index in [0.29, 0.717) is 6.07 Å². The molecule has 0 aliphatic heterocycles. The average molecular weight is 231 g/mol. The van der Waals surface area contributed by atoms with Crippen LogP contribution in [0.25, 0.3) is 0 Å². The lowest BCUT2D eigenvalue weighted by atomic mass is 10.2. The molecule has 0 amide bonds. The first kappa shape index (κ1) is 11.9. The summed E-state index contributed by atoms with van der Waals surface area (Å²) >= 11 is 0. The third-order valence-corrected chi connectivity index (χ3v) is 1.71. The Morgan fingerprint density at radius 3 is 2.69 bits per heavy atom. The third kappa shape index (κ3) is 2.25. The summed E-state index contributed by atoms with van der Waals surface area (Å²) in [6.45, 7) is 0. The van der Waals surface area contributed by atoms with Gasteiger partial charge in [0.2, 0.25) is 0 Å². The number of alkyl halides is 2. The number of nitro groups is 1. The van der Waals surface area contributed by atoms with Gasteiger partial charge in [0.15, 0.2) is 5.82 Å². The fourth-order valence-electron chi connectivity index (χ4n) is 1.05. The molecule has 0 aromatic carbocycles. The molecule has 0 N–H and O–H groups in total. The second kappa shape index (κ2) is 4.57. The second-order valence-corrected chi connectivity index (χ2v) is 2.71. The van der Waals surface area contributed by atoms with Crippen LogP contribution in [0.3, 0.4) is 0 Å². The van der Waals surface area contributed by atoms with Crippen LogP contribution in [-0.4, -0.2) is 9.91 Å². The molecular formula is C8H4F3N3O2. The molecule has 0 aliphatic rings. The molecule has 84 valence electrons. The number of hydrogen-bond donors (Lipinski definition) is 0. The van der Waals surface area contributed by atoms with Gasteiger partial charge in [-0.1, -0.05) is 0 Å². The Kier molecular flexibility index (Phi) is 3.40. The maximum absolute atomic E-state index is 13.0. The van der Waals surface area contributed by atoms with Gasteiger partial charge in [-0.3, -0.25) is 10.1 Å². The van der Waals surface area contributed by atoms with Crippen molar-refractivity contribution in [1.29, 1.82) is 5.26 Å². The van der Waals surface area contributed by atoms with Gasteiger partial charge in [-0.15, -0.1) is 0 Å². The summed E-state index contributed by atoms with van der Waals surface area (Å²) in [7, 11) is 0. The first-order valence-corrected chi connectivity index (χ1v) is 3.96. The van der Waals surface area contributed by atoms with Crippen LogP contribution in [0.5, 0.6) is 0 Å². The average Bonchev–Trinajstić information content (AvgIpc) is 2.19. The normalized spacial score (nSPS) is 10.2. The van der Waals surface area contributed by atoms with Crippen molar-refractivity contribution >= 4 is 5.69 Å². The molecule has 0 bridgehead atoms. The zero-order valence-electron chi connectivity index (χ0n) is 7.65. The van der Waals surface area contributed by atoms with Gasteiger partial charge in [-0.2, -0.15) is 5.26 Å². The van der Waals surface area contributed by atoms with Gasteiger partial charge >= 0.3 is 0 Å². The van der Waals surface area contributed by atoms with Crippen LogP contribution in [0.4, 0.5) is 18.9 Å². The minimum Gasteiger partial charge on any atom is -0.258 e. The van der Waals surface area contributed by atoms with E-state index in [1.54, 1.807) is 0 Å². The molecule has 1 aromatic heterocycles. The van der Waals surface area contributed by atoms with Crippen molar-refractivity contribution in [2.45, 2.75) is 12.8 Å². The van der Waals surface area contributed by atoms with Crippen molar-refractivity contribution in [3.63, 3.8) is 0 Å². The van der Waals surface area contributed by atoms with Gasteiger partial charge < -0.3 is 0 Å². The summed E-state index contributed by atoms with van der Waals surface area (Å²) in [5.41, 5.74) is -2.43. The SMILES string of the molecule is N#CCc1nc(C(F)F)c(F)cc1[N+](=O)[O-]. The van der Waals surface area contributed by atoms with Crippen LogP contribution in [0.15, 0.2) is 6.07 Å². The molecule has 0 saturated carbocycles. The van der Waals surface area contributed by atoms with Crippen molar-refractivity contribution in [1.82, 2.24) is 4.98 Å². The fourth-order valence-corrected chi connectivity index (χ4v) is 1.05. The van der Waals surface area contributed by atoms with E-state index in [4.69, 9.17) is 5.26 Å². The Morgan fingerprint density at radius 2 is 2.25 bits per heavy atom. The highest BCUT2D eigenvalue weighted by molar-refractivity contribution is 5.38. The van der Waals surface area contributed by atoms with E-state index < -0.39 is 40.7 Å². The molecule has 0 aliphatic carbocycles. The van der Waals surface area contributed by atoms with Gasteiger partial charge in [0.05, 0.1) is 23.5 Å². The van der Waals surface area contributed by atoms with E-state index in [0.717, 1.165) is 0 Å². The first-order chi connectivity index (χ1) is 7.47. The van der Waals surface area contributed by atoms with Gasteiger partial charge in [0.1, 0.15) is 11.4 Å². The predicted octanol–water partition coefficient (Wildman–Crippen LogP) is 2.13. The minimum absolute atomic E-state index is 0.348. The number of hydrogen-bond acceptors (Lipinski definition) is 4. The lowest BCUT2D eigenvalue weighted by Crippen LogP contribution is -2.04. The zero-order chi connectivity index (χ0) is 12.3. The molecule has 0 unspecified atom stereocenters. The highest BCUT2D eigenvalue weighted by Gasteiger charge is 2.24. The monoisotopic (exact) mass is 231 g/mol. The number of rotatable bonds is 3. The van der Waals surface area contributed by atoms with Crippen molar-refractivity contribution in [3.05, 3.63) is 33.4 Å². The van der Waals surface area contributed by atoms with Gasteiger partial charge in [0, 0.05) is 0 Å². The van der Waals surface area contributed by atoms with Crippen molar-refractivity contribution < 1.29 is 18.1 Å². The predicted molar refractivity (Wildman–Crippen MR) is 45.1 cm³/mol. The zero-order valence-corrected chi connectivity index (χ0v) is 7.65. The molecule has 0 spiro atoms. The number of nitriles is 1. The number of pyridine rings is 1. The Balaban J connectivity index is 3.38. The molecule has 1 rings (SSSR count). The molecule has 8 heteroatoms. The molecule has 16 heavy (non-hydrogen) atoms. The summed E-state index contributed by atoms with van der Waals surface area (Å²) in [6.07, 6.45) is -3.71. The largest absolute Gasteiger partial charge is 0.294 e. The second-order valence-electron chi connectivity index (χ2n) is 2.71. The highest BCUT2D eigenvalue weighted by atomic mass is 19.3. The van der Waals surface area contributed by atoms with E-state index in [1.807, 2.05) is 0 Å². The summed E-state index contributed by atoms with van der Waals surface area (Å²) in [6, 6.07) is 1.88. The van der Waals surface area contributed by atoms with E-state index in [1.165, 1.54) is 6.07 Å². The summed E-state index contributed by atoms with van der Waals surface area (Å²) in [4.78, 5) is 12.6. The van der Waals surface area contributed by atoms with Crippen LogP contribution in [0, 0.1) is 27.3 Å². The molecule has 1 heterocycles. The Hall–Kier alpha value is -2.17. The van der Waals surface area contributed by atoms with E-state index in [-0.39, 0.29) is 0 Å². The Morgan fingerprint density at radius 1 is 1.62 bits per heavy atom. The van der Waals surface area contributed by atoms with Crippen molar-refractivity contribution in [2.75, 3.05) is 0 Å². The van der Waals surface area contributed by atoms with Crippen LogP contribution >= 0.6 is 0 Å². The molecule has 5 nitrogen and oxygen atoms in total. The van der Waals surface area contributed by atoms with Gasteiger partial charge in [-0.25, -0.2) is 18.2 Å². The van der Waals surface area contributed by atoms with Crippen LogP contribution in [0.2, 0.25) is 0 Å². The van der Waals surface area contributed by atoms with E-state index in [9.17, 15) is 23.3 Å². The van der Waals surface area contributed by atoms with Gasteiger partial charge in [0.25, 0.3) is 12.1 Å². The van der Waals surface area contributed by atoms with Crippen molar-refractivity contribution in [3.8, 4) is 6.07 Å². The quantitative estimate of drug-likeness (QED) is 0.589. The molecular weight excluding hydrogens is 227 g/mol. The van der Waals surface area contributed by atoms with Crippen LogP contribution < -0.4 is 0 Å². The standard InChI is InChI=1S/C8H4F3N3O2/c9-4-3-6(14(15)16)5(1-2-12)13-7(4)8(10)11/h3,8H,1H2. The van der Waals surface area contributed by atoms with Gasteiger partial charge in [-0.05, 0) is 0 Å². The fraction of sp³-hybridized carbons (Fsp3) is 0.250. The number of nitrogens with zero attached hydrogens (tertiary/aromatic N) is 3.